The van der Waals surface area contributed by atoms with Crippen LogP contribution >= 0.6 is 0 Å². The van der Waals surface area contributed by atoms with Crippen molar-refractivity contribution < 1.29 is 14.3 Å². The maximum atomic E-state index is 13.5. The zero-order valence-corrected chi connectivity index (χ0v) is 17.9. The first kappa shape index (κ1) is 20.2. The van der Waals surface area contributed by atoms with Gasteiger partial charge >= 0.3 is 0 Å². The van der Waals surface area contributed by atoms with Crippen molar-refractivity contribution in [3.63, 3.8) is 0 Å². The number of carbonyl (C=O) groups is 2. The maximum Gasteiger partial charge on any atom is 0.278 e. The second-order valence-electron chi connectivity index (χ2n) is 8.29. The van der Waals surface area contributed by atoms with Crippen LogP contribution in [-0.2, 0) is 16.1 Å². The molecule has 156 valence electrons. The normalized spacial score (nSPS) is 19.6. The summed E-state index contributed by atoms with van der Waals surface area (Å²) in [6.07, 6.45) is 2.18. The van der Waals surface area contributed by atoms with Crippen LogP contribution in [0.1, 0.15) is 36.5 Å². The van der Waals surface area contributed by atoms with Gasteiger partial charge in [-0.15, -0.1) is 0 Å². The van der Waals surface area contributed by atoms with Crippen LogP contribution in [0.3, 0.4) is 0 Å². The van der Waals surface area contributed by atoms with Crippen molar-refractivity contribution in [1.82, 2.24) is 9.80 Å². The number of piperidine rings is 1. The Balaban J connectivity index is 1.74. The molecular weight excluding hydrogens is 376 g/mol. The SMILES string of the molecule is COc1ccccc1CN1C(=O)C(c2ccc(C)cc2)=C(N2CCCC(C)C2)C1=O. The molecule has 0 aliphatic carbocycles. The number of hydrogen-bond acceptors (Lipinski definition) is 4. The van der Waals surface area contributed by atoms with Gasteiger partial charge in [-0.05, 0) is 37.3 Å². The Kier molecular flexibility index (Phi) is 5.62. The molecule has 0 N–H and O–H groups in total. The van der Waals surface area contributed by atoms with E-state index in [2.05, 4.69) is 11.8 Å². The Morgan fingerprint density at radius 3 is 2.47 bits per heavy atom. The minimum Gasteiger partial charge on any atom is -0.496 e. The number of nitrogens with zero attached hydrogens (tertiary/aromatic N) is 2. The lowest BCUT2D eigenvalue weighted by atomic mass is 9.97. The molecule has 1 unspecified atom stereocenters. The number of carbonyl (C=O) groups excluding carboxylic acids is 2. The summed E-state index contributed by atoms with van der Waals surface area (Å²) in [5.41, 5.74) is 3.80. The summed E-state index contributed by atoms with van der Waals surface area (Å²) in [7, 11) is 1.60. The van der Waals surface area contributed by atoms with Crippen LogP contribution in [-0.4, -0.2) is 41.8 Å². The molecule has 2 aromatic carbocycles. The highest BCUT2D eigenvalue weighted by atomic mass is 16.5. The summed E-state index contributed by atoms with van der Waals surface area (Å²) in [6.45, 7) is 6.01. The van der Waals surface area contributed by atoms with Crippen LogP contribution in [0.4, 0.5) is 0 Å². The lowest BCUT2D eigenvalue weighted by Gasteiger charge is -2.33. The van der Waals surface area contributed by atoms with E-state index in [1.807, 2.05) is 55.5 Å². The molecule has 0 saturated carbocycles. The van der Waals surface area contributed by atoms with Crippen molar-refractivity contribution in [3.05, 3.63) is 70.9 Å². The van der Waals surface area contributed by atoms with Gasteiger partial charge in [-0.25, -0.2) is 0 Å². The summed E-state index contributed by atoms with van der Waals surface area (Å²) in [5.74, 6) is 0.727. The molecule has 4 rings (SSSR count). The highest BCUT2D eigenvalue weighted by Crippen LogP contribution is 2.35. The molecule has 1 saturated heterocycles. The lowest BCUT2D eigenvalue weighted by molar-refractivity contribution is -0.138. The van der Waals surface area contributed by atoms with Crippen LogP contribution in [0.5, 0.6) is 5.75 Å². The molecule has 30 heavy (non-hydrogen) atoms. The van der Waals surface area contributed by atoms with Crippen molar-refractivity contribution >= 4 is 17.4 Å². The molecule has 5 nitrogen and oxygen atoms in total. The molecule has 2 aromatic rings. The fourth-order valence-electron chi connectivity index (χ4n) is 4.38. The van der Waals surface area contributed by atoms with E-state index < -0.39 is 0 Å². The van der Waals surface area contributed by atoms with E-state index in [1.54, 1.807) is 7.11 Å². The van der Waals surface area contributed by atoms with E-state index in [0.717, 1.165) is 42.6 Å². The number of para-hydroxylation sites is 1. The Hall–Kier alpha value is -3.08. The summed E-state index contributed by atoms with van der Waals surface area (Å²) in [4.78, 5) is 30.5. The summed E-state index contributed by atoms with van der Waals surface area (Å²) < 4.78 is 5.43. The third kappa shape index (κ3) is 3.72. The Bertz CT molecular complexity index is 994. The van der Waals surface area contributed by atoms with E-state index in [9.17, 15) is 9.59 Å². The topological polar surface area (TPSA) is 49.9 Å². The van der Waals surface area contributed by atoms with Crippen molar-refractivity contribution in [3.8, 4) is 5.75 Å². The third-order valence-electron chi connectivity index (χ3n) is 5.98. The number of aryl methyl sites for hydroxylation is 1. The Morgan fingerprint density at radius 2 is 1.77 bits per heavy atom. The van der Waals surface area contributed by atoms with Gasteiger partial charge in [0.05, 0.1) is 19.2 Å². The summed E-state index contributed by atoms with van der Waals surface area (Å²) in [5, 5.41) is 0. The molecule has 2 aliphatic heterocycles. The number of amides is 2. The fourth-order valence-corrected chi connectivity index (χ4v) is 4.38. The van der Waals surface area contributed by atoms with Gasteiger partial charge in [0.2, 0.25) is 0 Å². The zero-order chi connectivity index (χ0) is 21.3. The van der Waals surface area contributed by atoms with Crippen molar-refractivity contribution in [1.29, 1.82) is 0 Å². The molecule has 0 spiro atoms. The van der Waals surface area contributed by atoms with Crippen LogP contribution < -0.4 is 4.74 Å². The van der Waals surface area contributed by atoms with E-state index in [4.69, 9.17) is 4.74 Å². The number of hydrogen-bond donors (Lipinski definition) is 0. The number of ether oxygens (including phenoxy) is 1. The van der Waals surface area contributed by atoms with E-state index >= 15 is 0 Å². The molecule has 0 radical (unpaired) electrons. The van der Waals surface area contributed by atoms with Crippen molar-refractivity contribution in [2.24, 2.45) is 5.92 Å². The minimum absolute atomic E-state index is 0.198. The Labute approximate surface area is 177 Å². The highest BCUT2D eigenvalue weighted by Gasteiger charge is 2.42. The fraction of sp³-hybridized carbons (Fsp3) is 0.360. The quantitative estimate of drug-likeness (QED) is 0.707. The first-order valence-electron chi connectivity index (χ1n) is 10.5. The number of benzene rings is 2. The van der Waals surface area contributed by atoms with Gasteiger partial charge in [0.25, 0.3) is 11.8 Å². The summed E-state index contributed by atoms with van der Waals surface area (Å²) >= 11 is 0. The predicted molar refractivity (Wildman–Crippen MR) is 117 cm³/mol. The smallest absolute Gasteiger partial charge is 0.278 e. The lowest BCUT2D eigenvalue weighted by Crippen LogP contribution is -2.39. The second kappa shape index (κ2) is 8.34. The van der Waals surface area contributed by atoms with Gasteiger partial charge < -0.3 is 9.64 Å². The van der Waals surface area contributed by atoms with E-state index in [1.165, 1.54) is 4.90 Å². The first-order chi connectivity index (χ1) is 14.5. The van der Waals surface area contributed by atoms with Gasteiger partial charge in [0, 0.05) is 18.7 Å². The highest BCUT2D eigenvalue weighted by molar-refractivity contribution is 6.35. The first-order valence-corrected chi connectivity index (χ1v) is 10.5. The van der Waals surface area contributed by atoms with Crippen LogP contribution in [0, 0.1) is 12.8 Å². The van der Waals surface area contributed by atoms with Crippen LogP contribution in [0.2, 0.25) is 0 Å². The minimum atomic E-state index is -0.233. The van der Waals surface area contributed by atoms with Crippen LogP contribution in [0.15, 0.2) is 54.2 Å². The van der Waals surface area contributed by atoms with Crippen molar-refractivity contribution in [2.45, 2.75) is 33.2 Å². The number of rotatable bonds is 5. The molecule has 1 fully saturated rings. The molecule has 0 bridgehead atoms. The third-order valence-corrected chi connectivity index (χ3v) is 5.98. The molecule has 5 heteroatoms. The summed E-state index contributed by atoms with van der Waals surface area (Å²) in [6, 6.07) is 15.4. The standard InChI is InChI=1S/C25H28N2O3/c1-17-10-12-19(13-11-17)22-23(26-14-6-7-18(2)15-26)25(29)27(24(22)28)16-20-8-4-5-9-21(20)30-3/h4-5,8-13,18H,6-7,14-16H2,1-3H3. The van der Waals surface area contributed by atoms with E-state index in [0.29, 0.717) is 22.9 Å². The average molecular weight is 405 g/mol. The molecule has 2 amide bonds. The molecule has 1 atom stereocenters. The zero-order valence-electron chi connectivity index (χ0n) is 17.9. The molecular formula is C25H28N2O3. The number of imide groups is 1. The maximum absolute atomic E-state index is 13.5. The second-order valence-corrected chi connectivity index (χ2v) is 8.29. The van der Waals surface area contributed by atoms with Gasteiger partial charge in [0.15, 0.2) is 0 Å². The van der Waals surface area contributed by atoms with E-state index in [-0.39, 0.29) is 18.4 Å². The van der Waals surface area contributed by atoms with Gasteiger partial charge in [-0.1, -0.05) is 55.0 Å². The van der Waals surface area contributed by atoms with Crippen molar-refractivity contribution in [2.75, 3.05) is 20.2 Å². The van der Waals surface area contributed by atoms with Gasteiger partial charge in [-0.2, -0.15) is 0 Å². The predicted octanol–water partition coefficient (Wildman–Crippen LogP) is 4.02. The van der Waals surface area contributed by atoms with Crippen LogP contribution in [0.25, 0.3) is 5.57 Å². The number of methoxy groups -OCH3 is 1. The largest absolute Gasteiger partial charge is 0.496 e. The molecule has 2 heterocycles. The van der Waals surface area contributed by atoms with Gasteiger partial charge in [-0.3, -0.25) is 14.5 Å². The van der Waals surface area contributed by atoms with Gasteiger partial charge in [0.1, 0.15) is 11.4 Å². The average Bonchev–Trinajstić information content (AvgIpc) is 2.99. The Morgan fingerprint density at radius 1 is 1.03 bits per heavy atom. The monoisotopic (exact) mass is 404 g/mol. The molecule has 2 aliphatic rings. The number of likely N-dealkylation sites (tertiary alicyclic amines) is 1. The molecule has 0 aromatic heterocycles.